The van der Waals surface area contributed by atoms with E-state index in [1.807, 2.05) is 0 Å². The van der Waals surface area contributed by atoms with Crippen LogP contribution in [-0.4, -0.2) is 30.1 Å². The number of nitrogens with one attached hydrogen (secondary N) is 1. The Morgan fingerprint density at radius 1 is 1.00 bits per heavy atom. The highest BCUT2D eigenvalue weighted by molar-refractivity contribution is 6.31. The second kappa shape index (κ2) is 3.23. The highest BCUT2D eigenvalue weighted by atomic mass is 35.5. The Morgan fingerprint density at radius 2 is 1.69 bits per heavy atom. The van der Waals surface area contributed by atoms with Crippen LogP contribution in [0, 0.1) is 0 Å². The van der Waals surface area contributed by atoms with E-state index in [0.717, 1.165) is 0 Å². The number of rotatable bonds is 1. The standard InChI is InChI=1S/C5H2Cl2N6/c6-4-10-3(11-5(7)12-4)2-8-1-9-13-2/h1H,(H,8,9,13). The number of hydrogen-bond donors (Lipinski definition) is 1. The largest absolute Gasteiger partial charge is 0.265 e. The number of aromatic amines is 1. The number of nitrogens with zero attached hydrogens (tertiary/aromatic N) is 5. The number of hydrogen-bond acceptors (Lipinski definition) is 5. The molecule has 6 nitrogen and oxygen atoms in total. The van der Waals surface area contributed by atoms with E-state index in [1.54, 1.807) is 0 Å². The predicted molar refractivity (Wildman–Crippen MR) is 45.2 cm³/mol. The molecule has 0 aliphatic heterocycles. The lowest BCUT2D eigenvalue weighted by atomic mass is 10.6. The van der Waals surface area contributed by atoms with Gasteiger partial charge in [0.1, 0.15) is 6.33 Å². The Hall–Kier alpha value is -1.27. The molecule has 0 radical (unpaired) electrons. The summed E-state index contributed by atoms with van der Waals surface area (Å²) in [4.78, 5) is 15.0. The second-order valence-corrected chi connectivity index (χ2v) is 2.70. The van der Waals surface area contributed by atoms with Gasteiger partial charge in [0.25, 0.3) is 0 Å². The van der Waals surface area contributed by atoms with E-state index in [0.29, 0.717) is 5.82 Å². The van der Waals surface area contributed by atoms with Crippen LogP contribution in [0.5, 0.6) is 0 Å². The van der Waals surface area contributed by atoms with Crippen molar-refractivity contribution in [1.29, 1.82) is 0 Å². The Morgan fingerprint density at radius 3 is 2.23 bits per heavy atom. The maximum absolute atomic E-state index is 5.55. The average Bonchev–Trinajstić information content (AvgIpc) is 2.53. The Balaban J connectivity index is 2.53. The van der Waals surface area contributed by atoms with E-state index in [2.05, 4.69) is 30.1 Å². The molecule has 0 aliphatic rings. The van der Waals surface area contributed by atoms with E-state index in [4.69, 9.17) is 23.2 Å². The molecule has 0 aliphatic carbocycles. The summed E-state index contributed by atoms with van der Waals surface area (Å²) in [7, 11) is 0. The van der Waals surface area contributed by atoms with Crippen LogP contribution in [0.3, 0.4) is 0 Å². The molecule has 0 atom stereocenters. The molecule has 1 N–H and O–H groups in total. The number of halogens is 2. The van der Waals surface area contributed by atoms with E-state index < -0.39 is 0 Å². The summed E-state index contributed by atoms with van der Waals surface area (Å²) in [5.41, 5.74) is 0. The lowest BCUT2D eigenvalue weighted by Crippen LogP contribution is -1.94. The minimum Gasteiger partial charge on any atom is -0.265 e. The molecule has 2 aromatic rings. The first-order valence-corrected chi connectivity index (χ1v) is 3.94. The van der Waals surface area contributed by atoms with Crippen molar-refractivity contribution >= 4 is 23.2 Å². The molecular formula is C5H2Cl2N6. The van der Waals surface area contributed by atoms with Crippen LogP contribution in [0.2, 0.25) is 10.6 Å². The molecular weight excluding hydrogens is 215 g/mol. The molecule has 0 saturated heterocycles. The molecule has 0 aromatic carbocycles. The molecule has 8 heteroatoms. The van der Waals surface area contributed by atoms with Gasteiger partial charge in [-0.05, 0) is 23.2 Å². The molecule has 2 rings (SSSR count). The summed E-state index contributed by atoms with van der Waals surface area (Å²) in [6, 6.07) is 0. The fraction of sp³-hybridized carbons (Fsp3) is 0. The number of aromatic nitrogens is 6. The first-order valence-electron chi connectivity index (χ1n) is 3.19. The topological polar surface area (TPSA) is 80.2 Å². The molecule has 0 amide bonds. The summed E-state index contributed by atoms with van der Waals surface area (Å²) < 4.78 is 0. The lowest BCUT2D eigenvalue weighted by molar-refractivity contribution is 1.01. The average molecular weight is 217 g/mol. The molecule has 2 heterocycles. The van der Waals surface area contributed by atoms with Gasteiger partial charge in [0.05, 0.1) is 0 Å². The van der Waals surface area contributed by atoms with E-state index in [-0.39, 0.29) is 16.4 Å². The van der Waals surface area contributed by atoms with Gasteiger partial charge in [0, 0.05) is 0 Å². The monoisotopic (exact) mass is 216 g/mol. The summed E-state index contributed by atoms with van der Waals surface area (Å²) in [5, 5.41) is 6.31. The van der Waals surface area contributed by atoms with Crippen LogP contribution in [0.1, 0.15) is 0 Å². The molecule has 66 valence electrons. The molecule has 2 aromatic heterocycles. The highest BCUT2D eigenvalue weighted by Gasteiger charge is 2.08. The van der Waals surface area contributed by atoms with Crippen molar-refractivity contribution in [2.75, 3.05) is 0 Å². The fourth-order valence-electron chi connectivity index (χ4n) is 0.743. The normalized spacial score (nSPS) is 10.3. The van der Waals surface area contributed by atoms with Crippen molar-refractivity contribution in [3.05, 3.63) is 16.9 Å². The third kappa shape index (κ3) is 1.73. The third-order valence-corrected chi connectivity index (χ3v) is 1.53. The van der Waals surface area contributed by atoms with Gasteiger partial charge in [-0.25, -0.2) is 4.98 Å². The van der Waals surface area contributed by atoms with Crippen molar-refractivity contribution in [3.63, 3.8) is 0 Å². The minimum absolute atomic E-state index is 0.0137. The van der Waals surface area contributed by atoms with E-state index >= 15 is 0 Å². The maximum Gasteiger partial charge on any atom is 0.227 e. The maximum atomic E-state index is 5.55. The van der Waals surface area contributed by atoms with E-state index in [1.165, 1.54) is 6.33 Å². The van der Waals surface area contributed by atoms with Gasteiger partial charge in [0.15, 0.2) is 0 Å². The molecule has 0 saturated carbocycles. The third-order valence-electron chi connectivity index (χ3n) is 1.20. The van der Waals surface area contributed by atoms with Crippen molar-refractivity contribution in [3.8, 4) is 11.6 Å². The fourth-order valence-corrected chi connectivity index (χ4v) is 1.11. The summed E-state index contributed by atoms with van der Waals surface area (Å²) in [6.45, 7) is 0. The molecule has 13 heavy (non-hydrogen) atoms. The van der Waals surface area contributed by atoms with Crippen molar-refractivity contribution in [2.45, 2.75) is 0 Å². The summed E-state index contributed by atoms with van der Waals surface area (Å²) >= 11 is 11.1. The quantitative estimate of drug-likeness (QED) is 0.769. The van der Waals surface area contributed by atoms with Crippen LogP contribution in [0.15, 0.2) is 6.33 Å². The van der Waals surface area contributed by atoms with Gasteiger partial charge in [-0.2, -0.15) is 20.1 Å². The van der Waals surface area contributed by atoms with Crippen LogP contribution in [0.4, 0.5) is 0 Å². The molecule has 0 spiro atoms. The van der Waals surface area contributed by atoms with Crippen LogP contribution in [0.25, 0.3) is 11.6 Å². The Labute approximate surface area is 82.4 Å². The molecule has 0 bridgehead atoms. The van der Waals surface area contributed by atoms with Gasteiger partial charge >= 0.3 is 0 Å². The number of H-pyrrole nitrogens is 1. The zero-order valence-electron chi connectivity index (χ0n) is 6.07. The van der Waals surface area contributed by atoms with Crippen molar-refractivity contribution < 1.29 is 0 Å². The van der Waals surface area contributed by atoms with Gasteiger partial charge in [-0.1, -0.05) is 0 Å². The summed E-state index contributed by atoms with van der Waals surface area (Å²) in [5.74, 6) is 0.567. The first kappa shape index (κ1) is 8.33. The Kier molecular flexibility index (Phi) is 2.07. The first-order chi connectivity index (χ1) is 6.25. The SMILES string of the molecule is Clc1nc(Cl)nc(-c2nc[nH]n2)n1. The summed E-state index contributed by atoms with van der Waals surface area (Å²) in [6.07, 6.45) is 1.40. The molecule has 0 unspecified atom stereocenters. The van der Waals surface area contributed by atoms with Gasteiger partial charge in [0.2, 0.25) is 22.2 Å². The predicted octanol–water partition coefficient (Wildman–Crippen LogP) is 0.963. The lowest BCUT2D eigenvalue weighted by Gasteiger charge is -1.94. The second-order valence-electron chi connectivity index (χ2n) is 2.02. The van der Waals surface area contributed by atoms with Crippen LogP contribution < -0.4 is 0 Å². The van der Waals surface area contributed by atoms with Gasteiger partial charge in [-0.3, -0.25) is 5.10 Å². The van der Waals surface area contributed by atoms with Crippen molar-refractivity contribution in [1.82, 2.24) is 30.1 Å². The van der Waals surface area contributed by atoms with Crippen molar-refractivity contribution in [2.24, 2.45) is 0 Å². The smallest absolute Gasteiger partial charge is 0.227 e. The van der Waals surface area contributed by atoms with Gasteiger partial charge < -0.3 is 0 Å². The zero-order valence-corrected chi connectivity index (χ0v) is 7.58. The van der Waals surface area contributed by atoms with E-state index in [9.17, 15) is 0 Å². The van der Waals surface area contributed by atoms with Gasteiger partial charge in [-0.15, -0.1) is 0 Å². The highest BCUT2D eigenvalue weighted by Crippen LogP contribution is 2.12. The minimum atomic E-state index is 0.0137. The zero-order chi connectivity index (χ0) is 9.26. The van der Waals surface area contributed by atoms with Crippen LogP contribution >= 0.6 is 23.2 Å². The molecule has 0 fully saturated rings. The van der Waals surface area contributed by atoms with Crippen LogP contribution in [-0.2, 0) is 0 Å². The Bertz CT molecular complexity index is 393.